The highest BCUT2D eigenvalue weighted by Crippen LogP contribution is 2.52. The van der Waals surface area contributed by atoms with Crippen LogP contribution < -0.4 is 9.47 Å². The third-order valence-electron chi connectivity index (χ3n) is 5.68. The topological polar surface area (TPSA) is 70.8 Å². The molecule has 0 amide bonds. The minimum Gasteiger partial charge on any atom is -0.496 e. The van der Waals surface area contributed by atoms with Gasteiger partial charge in [0.15, 0.2) is 0 Å². The zero-order valence-corrected chi connectivity index (χ0v) is 15.5. The molecule has 2 aliphatic rings. The minimum absolute atomic E-state index is 0.0604. The Hall–Kier alpha value is -2.60. The van der Waals surface area contributed by atoms with Crippen LogP contribution in [0, 0.1) is 10.1 Å². The van der Waals surface area contributed by atoms with Gasteiger partial charge in [-0.2, -0.15) is 0 Å². The molecule has 0 bridgehead atoms. The lowest BCUT2D eigenvalue weighted by molar-refractivity contribution is -0.385. The van der Waals surface area contributed by atoms with Gasteiger partial charge in [-0.1, -0.05) is 25.0 Å². The van der Waals surface area contributed by atoms with Gasteiger partial charge in [0, 0.05) is 29.2 Å². The van der Waals surface area contributed by atoms with Crippen molar-refractivity contribution in [3.05, 3.63) is 63.2 Å². The van der Waals surface area contributed by atoms with Gasteiger partial charge in [-0.3, -0.25) is 10.1 Å². The maximum atomic E-state index is 11.3. The number of hydrogen-bond acceptors (Lipinski definition) is 5. The molecule has 27 heavy (non-hydrogen) atoms. The monoisotopic (exact) mass is 369 g/mol. The number of ether oxygens (including phenoxy) is 3. The highest BCUT2D eigenvalue weighted by atomic mass is 16.6. The third kappa shape index (κ3) is 3.04. The first-order valence-electron chi connectivity index (χ1n) is 9.28. The SMILES string of the molecule is COc1ccc(OC)c2c1C(c1cccc([N+](=O)[O-])c1)OC1CCCCC21. The molecule has 2 aromatic rings. The second-order valence-electron chi connectivity index (χ2n) is 7.10. The van der Waals surface area contributed by atoms with Crippen LogP contribution in [0.3, 0.4) is 0 Å². The molecule has 2 aromatic carbocycles. The molecule has 0 aromatic heterocycles. The number of hydrogen-bond donors (Lipinski definition) is 0. The fourth-order valence-corrected chi connectivity index (χ4v) is 4.48. The average molecular weight is 369 g/mol. The number of nitro benzene ring substituents is 1. The predicted octanol–water partition coefficient (Wildman–Crippen LogP) is 4.76. The standard InChI is InChI=1S/C21H23NO5/c1-25-17-10-11-18(26-2)20-19(17)15-8-3-4-9-16(15)27-21(20)13-6-5-7-14(12-13)22(23)24/h5-7,10-12,15-16,21H,3-4,8-9H2,1-2H3. The molecule has 0 saturated heterocycles. The van der Waals surface area contributed by atoms with Gasteiger partial charge in [0.05, 0.1) is 25.2 Å². The van der Waals surface area contributed by atoms with Gasteiger partial charge in [-0.05, 0) is 30.5 Å². The normalized spacial score (nSPS) is 23.9. The van der Waals surface area contributed by atoms with Crippen molar-refractivity contribution in [1.82, 2.24) is 0 Å². The van der Waals surface area contributed by atoms with Crippen molar-refractivity contribution in [2.75, 3.05) is 14.2 Å². The van der Waals surface area contributed by atoms with Gasteiger partial charge < -0.3 is 14.2 Å². The summed E-state index contributed by atoms with van der Waals surface area (Å²) in [5, 5.41) is 11.3. The van der Waals surface area contributed by atoms with E-state index in [9.17, 15) is 10.1 Å². The number of fused-ring (bicyclic) bond motifs is 3. The first kappa shape index (κ1) is 17.8. The molecule has 1 aliphatic carbocycles. The van der Waals surface area contributed by atoms with Crippen molar-refractivity contribution in [2.45, 2.75) is 43.8 Å². The smallest absolute Gasteiger partial charge is 0.269 e. The lowest BCUT2D eigenvalue weighted by atomic mass is 9.75. The van der Waals surface area contributed by atoms with Gasteiger partial charge in [0.1, 0.15) is 17.6 Å². The fourth-order valence-electron chi connectivity index (χ4n) is 4.48. The maximum absolute atomic E-state index is 11.3. The van der Waals surface area contributed by atoms with Crippen LogP contribution in [0.25, 0.3) is 0 Å². The molecule has 1 heterocycles. The number of methoxy groups -OCH3 is 2. The van der Waals surface area contributed by atoms with E-state index in [2.05, 4.69) is 0 Å². The number of non-ortho nitro benzene ring substituents is 1. The summed E-state index contributed by atoms with van der Waals surface area (Å²) in [6.45, 7) is 0. The van der Waals surface area contributed by atoms with E-state index in [1.807, 2.05) is 18.2 Å². The third-order valence-corrected chi connectivity index (χ3v) is 5.68. The molecule has 1 fully saturated rings. The van der Waals surface area contributed by atoms with Gasteiger partial charge in [0.25, 0.3) is 5.69 Å². The average Bonchev–Trinajstić information content (AvgIpc) is 2.72. The van der Waals surface area contributed by atoms with E-state index in [0.29, 0.717) is 0 Å². The lowest BCUT2D eigenvalue weighted by Crippen LogP contribution is -2.34. The summed E-state index contributed by atoms with van der Waals surface area (Å²) in [7, 11) is 3.32. The second kappa shape index (κ2) is 7.19. The van der Waals surface area contributed by atoms with E-state index in [4.69, 9.17) is 14.2 Å². The van der Waals surface area contributed by atoms with Crippen LogP contribution in [0.4, 0.5) is 5.69 Å². The molecule has 0 spiro atoms. The molecular formula is C21H23NO5. The van der Waals surface area contributed by atoms with Crippen LogP contribution in [-0.4, -0.2) is 25.2 Å². The first-order valence-corrected chi connectivity index (χ1v) is 9.28. The Labute approximate surface area is 158 Å². The molecule has 6 heteroatoms. The molecule has 4 rings (SSSR count). The Kier molecular flexibility index (Phi) is 4.74. The lowest BCUT2D eigenvalue weighted by Gasteiger charge is -2.42. The highest BCUT2D eigenvalue weighted by molar-refractivity contribution is 5.56. The summed E-state index contributed by atoms with van der Waals surface area (Å²) in [5.74, 6) is 1.82. The number of nitro groups is 1. The Bertz CT molecular complexity index is 866. The molecule has 0 radical (unpaired) electrons. The summed E-state index contributed by atoms with van der Waals surface area (Å²) in [5.41, 5.74) is 2.89. The zero-order chi connectivity index (χ0) is 19.0. The van der Waals surface area contributed by atoms with E-state index < -0.39 is 6.10 Å². The van der Waals surface area contributed by atoms with Crippen LogP contribution in [0.5, 0.6) is 11.5 Å². The second-order valence-corrected chi connectivity index (χ2v) is 7.10. The summed E-state index contributed by atoms with van der Waals surface area (Å²) < 4.78 is 17.9. The summed E-state index contributed by atoms with van der Waals surface area (Å²) >= 11 is 0. The Morgan fingerprint density at radius 3 is 2.44 bits per heavy atom. The van der Waals surface area contributed by atoms with E-state index in [1.165, 1.54) is 6.07 Å². The van der Waals surface area contributed by atoms with Gasteiger partial charge in [-0.25, -0.2) is 0 Å². The number of benzene rings is 2. The first-order chi connectivity index (χ1) is 13.1. The van der Waals surface area contributed by atoms with Crippen molar-refractivity contribution in [3.8, 4) is 11.5 Å². The number of nitrogens with zero attached hydrogens (tertiary/aromatic N) is 1. The largest absolute Gasteiger partial charge is 0.496 e. The molecule has 3 atom stereocenters. The minimum atomic E-state index is -0.413. The van der Waals surface area contributed by atoms with E-state index in [0.717, 1.165) is 53.9 Å². The Morgan fingerprint density at radius 2 is 1.74 bits per heavy atom. The van der Waals surface area contributed by atoms with E-state index >= 15 is 0 Å². The molecule has 3 unspecified atom stereocenters. The quantitative estimate of drug-likeness (QED) is 0.574. The fraction of sp³-hybridized carbons (Fsp3) is 0.429. The van der Waals surface area contributed by atoms with Crippen LogP contribution in [0.2, 0.25) is 0 Å². The van der Waals surface area contributed by atoms with Crippen molar-refractivity contribution >= 4 is 5.69 Å². The van der Waals surface area contributed by atoms with Crippen molar-refractivity contribution in [3.63, 3.8) is 0 Å². The Morgan fingerprint density at radius 1 is 1.04 bits per heavy atom. The van der Waals surface area contributed by atoms with Crippen LogP contribution >= 0.6 is 0 Å². The van der Waals surface area contributed by atoms with Crippen LogP contribution in [0.1, 0.15) is 54.4 Å². The van der Waals surface area contributed by atoms with Crippen LogP contribution in [-0.2, 0) is 4.74 Å². The molecule has 1 aliphatic heterocycles. The van der Waals surface area contributed by atoms with Crippen molar-refractivity contribution in [2.24, 2.45) is 0 Å². The highest BCUT2D eigenvalue weighted by Gasteiger charge is 2.41. The van der Waals surface area contributed by atoms with Gasteiger partial charge in [-0.15, -0.1) is 0 Å². The van der Waals surface area contributed by atoms with Crippen molar-refractivity contribution < 1.29 is 19.1 Å². The maximum Gasteiger partial charge on any atom is 0.269 e. The molecule has 6 nitrogen and oxygen atoms in total. The summed E-state index contributed by atoms with van der Waals surface area (Å²) in [6.07, 6.45) is 3.98. The van der Waals surface area contributed by atoms with Gasteiger partial charge in [0.2, 0.25) is 0 Å². The summed E-state index contributed by atoms with van der Waals surface area (Å²) in [4.78, 5) is 10.9. The predicted molar refractivity (Wildman–Crippen MR) is 101 cm³/mol. The molecular weight excluding hydrogens is 346 g/mol. The van der Waals surface area contributed by atoms with Gasteiger partial charge >= 0.3 is 0 Å². The zero-order valence-electron chi connectivity index (χ0n) is 15.5. The van der Waals surface area contributed by atoms with Crippen LogP contribution in [0.15, 0.2) is 36.4 Å². The summed E-state index contributed by atoms with van der Waals surface area (Å²) in [6, 6.07) is 10.5. The van der Waals surface area contributed by atoms with Crippen molar-refractivity contribution in [1.29, 1.82) is 0 Å². The molecule has 142 valence electrons. The van der Waals surface area contributed by atoms with E-state index in [-0.39, 0.29) is 22.6 Å². The molecule has 0 N–H and O–H groups in total. The number of rotatable bonds is 4. The van der Waals surface area contributed by atoms with E-state index in [1.54, 1.807) is 26.4 Å². The molecule has 1 saturated carbocycles. The Balaban J connectivity index is 1.91.